The van der Waals surface area contributed by atoms with E-state index >= 15 is 0 Å². The first kappa shape index (κ1) is 18.2. The summed E-state index contributed by atoms with van der Waals surface area (Å²) < 4.78 is 4.81. The summed E-state index contributed by atoms with van der Waals surface area (Å²) in [6, 6.07) is 0. The number of carbonyl (C=O) groups is 1. The van der Waals surface area contributed by atoms with Crippen molar-refractivity contribution in [3.63, 3.8) is 0 Å². The van der Waals surface area contributed by atoms with Gasteiger partial charge in [0.1, 0.15) is 6.61 Å². The zero-order valence-electron chi connectivity index (χ0n) is 13.4. The van der Waals surface area contributed by atoms with Crippen molar-refractivity contribution >= 4 is 6.09 Å². The Bertz CT molecular complexity index is 230. The van der Waals surface area contributed by atoms with Gasteiger partial charge in [0.2, 0.25) is 0 Å². The van der Waals surface area contributed by atoms with Crippen molar-refractivity contribution in [2.24, 2.45) is 5.92 Å². The van der Waals surface area contributed by atoms with Crippen LogP contribution in [0.1, 0.15) is 46.5 Å². The van der Waals surface area contributed by atoms with Gasteiger partial charge in [-0.15, -0.1) is 0 Å². The van der Waals surface area contributed by atoms with Crippen LogP contribution < -0.4 is 0 Å². The SMILES string of the molecule is CC(C)CCCN1CCOC1=O.CCCCN(C)C. The number of unbranched alkanes of at least 4 members (excludes halogenated alkanes) is 1. The summed E-state index contributed by atoms with van der Waals surface area (Å²) in [5, 5.41) is 0. The summed E-state index contributed by atoms with van der Waals surface area (Å²) in [6.45, 7) is 10.0. The van der Waals surface area contributed by atoms with Gasteiger partial charge in [-0.3, -0.25) is 0 Å². The van der Waals surface area contributed by atoms with Crippen molar-refractivity contribution in [1.82, 2.24) is 9.80 Å². The lowest BCUT2D eigenvalue weighted by Crippen LogP contribution is -2.25. The topological polar surface area (TPSA) is 32.8 Å². The summed E-state index contributed by atoms with van der Waals surface area (Å²) in [7, 11) is 4.21. The van der Waals surface area contributed by atoms with Crippen LogP contribution >= 0.6 is 0 Å². The molecule has 1 heterocycles. The number of ether oxygens (including phenoxy) is 1. The third-order valence-electron chi connectivity index (χ3n) is 3.01. The van der Waals surface area contributed by atoms with Gasteiger partial charge in [-0.05, 0) is 45.8 Å². The molecule has 0 aliphatic carbocycles. The van der Waals surface area contributed by atoms with Crippen LogP contribution in [0.3, 0.4) is 0 Å². The smallest absolute Gasteiger partial charge is 0.409 e. The monoisotopic (exact) mass is 272 g/mol. The minimum absolute atomic E-state index is 0.140. The predicted molar refractivity (Wildman–Crippen MR) is 80.5 cm³/mol. The second kappa shape index (κ2) is 11.1. The molecule has 0 saturated carbocycles. The van der Waals surface area contributed by atoms with Gasteiger partial charge in [-0.1, -0.05) is 27.2 Å². The van der Waals surface area contributed by atoms with E-state index in [0.29, 0.717) is 6.61 Å². The molecule has 4 nitrogen and oxygen atoms in total. The van der Waals surface area contributed by atoms with Crippen LogP contribution in [-0.4, -0.2) is 56.2 Å². The van der Waals surface area contributed by atoms with Gasteiger partial charge in [0, 0.05) is 6.54 Å². The van der Waals surface area contributed by atoms with Crippen LogP contribution in [0, 0.1) is 5.92 Å². The van der Waals surface area contributed by atoms with E-state index in [2.05, 4.69) is 39.8 Å². The highest BCUT2D eigenvalue weighted by Gasteiger charge is 2.20. The molecular weight excluding hydrogens is 240 g/mol. The van der Waals surface area contributed by atoms with E-state index in [1.54, 1.807) is 4.90 Å². The van der Waals surface area contributed by atoms with E-state index in [-0.39, 0.29) is 6.09 Å². The molecule has 4 heteroatoms. The molecule has 0 aromatic heterocycles. The number of nitrogens with zero attached hydrogens (tertiary/aromatic N) is 2. The number of amides is 1. The molecule has 1 fully saturated rings. The molecule has 0 unspecified atom stereocenters. The molecule has 0 atom stereocenters. The second-order valence-electron chi connectivity index (χ2n) is 5.79. The first-order chi connectivity index (χ1) is 8.97. The Morgan fingerprint density at radius 3 is 2.37 bits per heavy atom. The summed E-state index contributed by atoms with van der Waals surface area (Å²) in [5.41, 5.74) is 0. The fourth-order valence-corrected chi connectivity index (χ4v) is 1.79. The molecule has 0 aromatic rings. The average Bonchev–Trinajstić information content (AvgIpc) is 2.73. The van der Waals surface area contributed by atoms with Crippen molar-refractivity contribution < 1.29 is 9.53 Å². The third-order valence-corrected chi connectivity index (χ3v) is 3.01. The van der Waals surface area contributed by atoms with Crippen LogP contribution in [0.4, 0.5) is 4.79 Å². The number of hydrogen-bond acceptors (Lipinski definition) is 3. The Morgan fingerprint density at radius 2 is 2.00 bits per heavy atom. The van der Waals surface area contributed by atoms with E-state index in [1.807, 2.05) is 0 Å². The number of carbonyl (C=O) groups excluding carboxylic acids is 1. The van der Waals surface area contributed by atoms with Crippen LogP contribution in [0.25, 0.3) is 0 Å². The lowest BCUT2D eigenvalue weighted by atomic mass is 10.1. The Morgan fingerprint density at radius 1 is 1.32 bits per heavy atom. The normalized spacial score (nSPS) is 14.7. The maximum Gasteiger partial charge on any atom is 0.409 e. The summed E-state index contributed by atoms with van der Waals surface area (Å²) in [6.07, 6.45) is 4.76. The lowest BCUT2D eigenvalue weighted by Gasteiger charge is -2.12. The first-order valence-electron chi connectivity index (χ1n) is 7.53. The molecule has 1 rings (SSSR count). The summed E-state index contributed by atoms with van der Waals surface area (Å²) in [5.74, 6) is 0.726. The molecule has 114 valence electrons. The van der Waals surface area contributed by atoms with Crippen LogP contribution in [0.5, 0.6) is 0 Å². The highest BCUT2D eigenvalue weighted by molar-refractivity contribution is 5.69. The molecule has 19 heavy (non-hydrogen) atoms. The van der Waals surface area contributed by atoms with E-state index in [9.17, 15) is 4.79 Å². The highest BCUT2D eigenvalue weighted by atomic mass is 16.6. The number of cyclic esters (lactones) is 1. The maximum atomic E-state index is 11.0. The van der Waals surface area contributed by atoms with Crippen molar-refractivity contribution in [3.05, 3.63) is 0 Å². The molecule has 1 saturated heterocycles. The van der Waals surface area contributed by atoms with Crippen LogP contribution in [-0.2, 0) is 4.74 Å². The highest BCUT2D eigenvalue weighted by Crippen LogP contribution is 2.08. The van der Waals surface area contributed by atoms with E-state index in [0.717, 1.165) is 25.4 Å². The van der Waals surface area contributed by atoms with Gasteiger partial charge in [0.25, 0.3) is 0 Å². The zero-order chi connectivity index (χ0) is 14.7. The van der Waals surface area contributed by atoms with Crippen molar-refractivity contribution in [2.45, 2.75) is 46.5 Å². The van der Waals surface area contributed by atoms with Gasteiger partial charge in [-0.2, -0.15) is 0 Å². The number of rotatable bonds is 7. The van der Waals surface area contributed by atoms with Gasteiger partial charge >= 0.3 is 6.09 Å². The molecule has 1 aliphatic heterocycles. The Labute approximate surface area is 119 Å². The Balaban J connectivity index is 0.000000399. The van der Waals surface area contributed by atoms with Crippen molar-refractivity contribution in [1.29, 1.82) is 0 Å². The van der Waals surface area contributed by atoms with Crippen molar-refractivity contribution in [2.75, 3.05) is 40.3 Å². The van der Waals surface area contributed by atoms with Gasteiger partial charge in [0.15, 0.2) is 0 Å². The summed E-state index contributed by atoms with van der Waals surface area (Å²) >= 11 is 0. The maximum absolute atomic E-state index is 11.0. The Kier molecular flexibility index (Phi) is 10.6. The minimum atomic E-state index is -0.140. The second-order valence-corrected chi connectivity index (χ2v) is 5.79. The van der Waals surface area contributed by atoms with Gasteiger partial charge in [-0.25, -0.2) is 4.79 Å². The fraction of sp³-hybridized carbons (Fsp3) is 0.933. The molecule has 0 spiro atoms. The van der Waals surface area contributed by atoms with Crippen molar-refractivity contribution in [3.8, 4) is 0 Å². The Hall–Kier alpha value is -0.770. The molecule has 1 aliphatic rings. The molecular formula is C15H32N2O2. The largest absolute Gasteiger partial charge is 0.448 e. The average molecular weight is 272 g/mol. The fourth-order valence-electron chi connectivity index (χ4n) is 1.79. The van der Waals surface area contributed by atoms with Gasteiger partial charge < -0.3 is 14.5 Å². The summed E-state index contributed by atoms with van der Waals surface area (Å²) in [4.78, 5) is 14.9. The minimum Gasteiger partial charge on any atom is -0.448 e. The predicted octanol–water partition coefficient (Wildman–Crippen LogP) is 3.22. The molecule has 0 radical (unpaired) electrons. The van der Waals surface area contributed by atoms with E-state index < -0.39 is 0 Å². The quantitative estimate of drug-likeness (QED) is 0.713. The molecule has 0 N–H and O–H groups in total. The third kappa shape index (κ3) is 10.8. The van der Waals surface area contributed by atoms with E-state index in [4.69, 9.17) is 4.74 Å². The molecule has 0 bridgehead atoms. The van der Waals surface area contributed by atoms with Gasteiger partial charge in [0.05, 0.1) is 6.54 Å². The zero-order valence-corrected chi connectivity index (χ0v) is 13.4. The lowest BCUT2D eigenvalue weighted by molar-refractivity contribution is 0.157. The number of hydrogen-bond donors (Lipinski definition) is 0. The molecule has 1 amide bonds. The van der Waals surface area contributed by atoms with Crippen LogP contribution in [0.15, 0.2) is 0 Å². The standard InChI is InChI=1S/C9H17NO2.C6H15N/c1-8(2)4-3-5-10-6-7-12-9(10)11;1-4-5-6-7(2)3/h8H,3-7H2,1-2H3;4-6H2,1-3H3. The molecule has 0 aromatic carbocycles. The van der Waals surface area contributed by atoms with E-state index in [1.165, 1.54) is 25.8 Å². The van der Waals surface area contributed by atoms with Crippen LogP contribution in [0.2, 0.25) is 0 Å². The first-order valence-corrected chi connectivity index (χ1v) is 7.53.